The minimum Gasteiger partial charge on any atom is -0.373 e. The molecule has 0 unspecified atom stereocenters. The van der Waals surface area contributed by atoms with Crippen LogP contribution in [0.25, 0.3) is 11.4 Å². The fraction of sp³-hybridized carbons (Fsp3) is 0.333. The quantitative estimate of drug-likeness (QED) is 0.898. The fourth-order valence-electron chi connectivity index (χ4n) is 2.63. The lowest BCUT2D eigenvalue weighted by atomic mass is 10.1. The van der Waals surface area contributed by atoms with E-state index >= 15 is 0 Å². The van der Waals surface area contributed by atoms with Crippen LogP contribution in [0.3, 0.4) is 0 Å². The van der Waals surface area contributed by atoms with Crippen LogP contribution in [0.2, 0.25) is 0 Å². The van der Waals surface area contributed by atoms with Gasteiger partial charge in [0.1, 0.15) is 11.6 Å². The maximum atomic E-state index is 13.5. The molecule has 0 spiro atoms. The Morgan fingerprint density at radius 1 is 1.16 bits per heavy atom. The Morgan fingerprint density at radius 3 is 2.74 bits per heavy atom. The minimum absolute atomic E-state index is 0.245. The first-order valence-electron chi connectivity index (χ1n) is 6.52. The summed E-state index contributed by atoms with van der Waals surface area (Å²) in [6.07, 6.45) is 3.12. The highest BCUT2D eigenvalue weighted by Crippen LogP contribution is 2.29. The lowest BCUT2D eigenvalue weighted by Crippen LogP contribution is -2.03. The topological polar surface area (TPSA) is 37.8 Å². The predicted molar refractivity (Wildman–Crippen MR) is 73.7 cm³/mol. The molecule has 1 aromatic carbocycles. The highest BCUT2D eigenvalue weighted by molar-refractivity contribution is 5.61. The normalized spacial score (nSPS) is 13.4. The first-order chi connectivity index (χ1) is 9.17. The van der Waals surface area contributed by atoms with Gasteiger partial charge in [-0.1, -0.05) is 0 Å². The second kappa shape index (κ2) is 4.61. The first-order valence-corrected chi connectivity index (χ1v) is 6.52. The molecule has 1 aliphatic rings. The lowest BCUT2D eigenvalue weighted by Gasteiger charge is -2.10. The van der Waals surface area contributed by atoms with Crippen LogP contribution >= 0.6 is 0 Å². The molecule has 19 heavy (non-hydrogen) atoms. The molecule has 1 aliphatic carbocycles. The van der Waals surface area contributed by atoms with Crippen LogP contribution in [0.15, 0.2) is 18.2 Å². The highest BCUT2D eigenvalue weighted by Gasteiger charge is 2.19. The van der Waals surface area contributed by atoms with Crippen LogP contribution in [0, 0.1) is 12.7 Å². The van der Waals surface area contributed by atoms with E-state index in [1.807, 2.05) is 20.0 Å². The molecule has 3 nitrogen and oxygen atoms in total. The van der Waals surface area contributed by atoms with Crippen LogP contribution in [-0.4, -0.2) is 17.0 Å². The Hall–Kier alpha value is -1.97. The zero-order valence-corrected chi connectivity index (χ0v) is 11.1. The van der Waals surface area contributed by atoms with E-state index in [1.54, 1.807) is 0 Å². The molecule has 0 fully saturated rings. The molecule has 0 atom stereocenters. The van der Waals surface area contributed by atoms with Gasteiger partial charge in [0.25, 0.3) is 0 Å². The van der Waals surface area contributed by atoms with Crippen molar-refractivity contribution in [3.05, 3.63) is 40.8 Å². The molecule has 98 valence electrons. The van der Waals surface area contributed by atoms with Crippen LogP contribution in [0.5, 0.6) is 0 Å². The van der Waals surface area contributed by atoms with E-state index in [4.69, 9.17) is 0 Å². The monoisotopic (exact) mass is 257 g/mol. The van der Waals surface area contributed by atoms with Crippen molar-refractivity contribution >= 4 is 5.82 Å². The number of nitrogens with one attached hydrogen (secondary N) is 1. The summed E-state index contributed by atoms with van der Waals surface area (Å²) in [4.78, 5) is 9.12. The summed E-state index contributed by atoms with van der Waals surface area (Å²) in [5, 5.41) is 3.12. The van der Waals surface area contributed by atoms with Crippen molar-refractivity contribution in [1.29, 1.82) is 0 Å². The van der Waals surface area contributed by atoms with E-state index in [0.29, 0.717) is 5.82 Å². The van der Waals surface area contributed by atoms with Gasteiger partial charge in [-0.3, -0.25) is 0 Å². The van der Waals surface area contributed by atoms with Gasteiger partial charge in [-0.25, -0.2) is 14.4 Å². The molecule has 1 N–H and O–H groups in total. The molecule has 0 radical (unpaired) electrons. The van der Waals surface area contributed by atoms with E-state index in [-0.39, 0.29) is 5.82 Å². The van der Waals surface area contributed by atoms with Gasteiger partial charge in [-0.15, -0.1) is 0 Å². The van der Waals surface area contributed by atoms with Crippen molar-refractivity contribution in [2.45, 2.75) is 26.2 Å². The molecule has 0 bridgehead atoms. The zero-order chi connectivity index (χ0) is 13.4. The second-order valence-corrected chi connectivity index (χ2v) is 4.94. The number of anilines is 1. The van der Waals surface area contributed by atoms with Crippen molar-refractivity contribution < 1.29 is 4.39 Å². The Labute approximate surface area is 111 Å². The van der Waals surface area contributed by atoms with Gasteiger partial charge in [0.15, 0.2) is 5.82 Å². The summed E-state index contributed by atoms with van der Waals surface area (Å²) >= 11 is 0. The first kappa shape index (κ1) is 12.1. The van der Waals surface area contributed by atoms with Crippen molar-refractivity contribution in [3.63, 3.8) is 0 Å². The van der Waals surface area contributed by atoms with Gasteiger partial charge >= 0.3 is 0 Å². The summed E-state index contributed by atoms with van der Waals surface area (Å²) in [6, 6.07) is 4.91. The number of nitrogens with zero attached hydrogens (tertiary/aromatic N) is 2. The number of hydrogen-bond donors (Lipinski definition) is 1. The van der Waals surface area contributed by atoms with E-state index in [0.717, 1.165) is 41.9 Å². The van der Waals surface area contributed by atoms with Gasteiger partial charge < -0.3 is 5.32 Å². The third-order valence-corrected chi connectivity index (χ3v) is 3.47. The van der Waals surface area contributed by atoms with Crippen molar-refractivity contribution in [2.24, 2.45) is 0 Å². The van der Waals surface area contributed by atoms with E-state index in [1.165, 1.54) is 17.7 Å². The Morgan fingerprint density at radius 2 is 2.00 bits per heavy atom. The Balaban J connectivity index is 2.15. The average molecular weight is 257 g/mol. The summed E-state index contributed by atoms with van der Waals surface area (Å²) in [7, 11) is 1.86. The molecule has 2 aromatic rings. The molecule has 1 heterocycles. The smallest absolute Gasteiger partial charge is 0.161 e. The van der Waals surface area contributed by atoms with Crippen LogP contribution in [0.4, 0.5) is 10.2 Å². The summed E-state index contributed by atoms with van der Waals surface area (Å²) in [5.74, 6) is 1.23. The molecule has 0 saturated heterocycles. The highest BCUT2D eigenvalue weighted by atomic mass is 19.1. The summed E-state index contributed by atoms with van der Waals surface area (Å²) in [5.41, 5.74) is 3.92. The van der Waals surface area contributed by atoms with Crippen LogP contribution in [0.1, 0.15) is 23.2 Å². The lowest BCUT2D eigenvalue weighted by molar-refractivity contribution is 0.627. The van der Waals surface area contributed by atoms with E-state index in [9.17, 15) is 4.39 Å². The largest absolute Gasteiger partial charge is 0.373 e. The number of hydrogen-bond acceptors (Lipinski definition) is 3. The molecule has 0 saturated carbocycles. The van der Waals surface area contributed by atoms with Gasteiger partial charge in [0.05, 0.1) is 0 Å². The van der Waals surface area contributed by atoms with Crippen molar-refractivity contribution in [2.75, 3.05) is 12.4 Å². The number of benzene rings is 1. The standard InChI is InChI=1S/C15H16FN3/c1-9-6-10(8-11(16)7-9)14-18-13-5-3-4-12(13)15(17-2)19-14/h6-8H,3-5H2,1-2H3,(H,17,18,19). The maximum absolute atomic E-state index is 13.5. The SMILES string of the molecule is CNc1nc(-c2cc(C)cc(F)c2)nc2c1CCC2. The van der Waals surface area contributed by atoms with Gasteiger partial charge in [0, 0.05) is 23.9 Å². The summed E-state index contributed by atoms with van der Waals surface area (Å²) < 4.78 is 13.5. The number of rotatable bonds is 2. The molecular formula is C15H16FN3. The molecular weight excluding hydrogens is 241 g/mol. The maximum Gasteiger partial charge on any atom is 0.161 e. The third kappa shape index (κ3) is 2.18. The minimum atomic E-state index is -0.245. The number of aryl methyl sites for hydroxylation is 2. The van der Waals surface area contributed by atoms with Crippen molar-refractivity contribution in [3.8, 4) is 11.4 Å². The van der Waals surface area contributed by atoms with Crippen LogP contribution < -0.4 is 5.32 Å². The van der Waals surface area contributed by atoms with Gasteiger partial charge in [-0.05, 0) is 49.9 Å². The average Bonchev–Trinajstić information content (AvgIpc) is 2.84. The Bertz CT molecular complexity index is 617. The summed E-state index contributed by atoms with van der Waals surface area (Å²) in [6.45, 7) is 1.87. The molecule has 1 aromatic heterocycles. The number of halogens is 1. The van der Waals surface area contributed by atoms with E-state index < -0.39 is 0 Å². The number of aromatic nitrogens is 2. The molecule has 0 amide bonds. The molecule has 4 heteroatoms. The fourth-order valence-corrected chi connectivity index (χ4v) is 2.63. The molecule has 3 rings (SSSR count). The Kier molecular flexibility index (Phi) is 2.93. The van der Waals surface area contributed by atoms with Gasteiger partial charge in [0.2, 0.25) is 0 Å². The number of fused-ring (bicyclic) bond motifs is 1. The molecule has 0 aliphatic heterocycles. The second-order valence-electron chi connectivity index (χ2n) is 4.94. The zero-order valence-electron chi connectivity index (χ0n) is 11.1. The van der Waals surface area contributed by atoms with E-state index in [2.05, 4.69) is 15.3 Å². The van der Waals surface area contributed by atoms with Gasteiger partial charge in [-0.2, -0.15) is 0 Å². The third-order valence-electron chi connectivity index (χ3n) is 3.47. The van der Waals surface area contributed by atoms with Crippen molar-refractivity contribution in [1.82, 2.24) is 9.97 Å². The predicted octanol–water partition coefficient (Wildman–Crippen LogP) is 3.12. The van der Waals surface area contributed by atoms with Crippen LogP contribution in [-0.2, 0) is 12.8 Å².